The van der Waals surface area contributed by atoms with Crippen molar-refractivity contribution in [2.24, 2.45) is 5.92 Å². The van der Waals surface area contributed by atoms with Crippen LogP contribution in [0.3, 0.4) is 0 Å². The molecule has 2 aromatic rings. The number of nitrogens with one attached hydrogen (secondary N) is 2. The predicted octanol–water partition coefficient (Wildman–Crippen LogP) is 2.86. The Kier molecular flexibility index (Phi) is 7.53. The van der Waals surface area contributed by atoms with Crippen LogP contribution in [0.5, 0.6) is 0 Å². The first-order valence-electron chi connectivity index (χ1n) is 8.58. The molecule has 0 radical (unpaired) electrons. The minimum Gasteiger partial charge on any atom is -0.394 e. The normalized spacial score (nSPS) is 12.6. The molecule has 10 heteroatoms. The molecule has 1 atom stereocenters. The minimum atomic E-state index is -3.49. The average Bonchev–Trinajstić information content (AvgIpc) is 2.68. The number of aromatic nitrogens is 2. The second-order valence-corrected chi connectivity index (χ2v) is 9.05. The van der Waals surface area contributed by atoms with Crippen molar-refractivity contribution in [1.29, 1.82) is 0 Å². The summed E-state index contributed by atoms with van der Waals surface area (Å²) in [6.07, 6.45) is 3.23. The van der Waals surface area contributed by atoms with Crippen molar-refractivity contribution in [2.75, 3.05) is 23.9 Å². The molecule has 0 aliphatic rings. The van der Waals surface area contributed by atoms with Gasteiger partial charge in [0.15, 0.2) is 5.82 Å². The molecule has 0 bridgehead atoms. The van der Waals surface area contributed by atoms with Crippen molar-refractivity contribution in [3.05, 3.63) is 47.7 Å². The number of hydrogen-bond donors (Lipinski definition) is 3. The van der Waals surface area contributed by atoms with Gasteiger partial charge in [0.2, 0.25) is 16.0 Å². The molecule has 1 aromatic heterocycles. The molecule has 0 saturated heterocycles. The summed E-state index contributed by atoms with van der Waals surface area (Å²) in [6.45, 7) is 7.80. The van der Waals surface area contributed by atoms with Gasteiger partial charge in [0.25, 0.3) is 0 Å². The van der Waals surface area contributed by atoms with Crippen molar-refractivity contribution in [2.45, 2.75) is 24.8 Å². The smallest absolute Gasteiger partial charge is 0.240 e. The van der Waals surface area contributed by atoms with Crippen LogP contribution in [0.15, 0.2) is 52.6 Å². The number of nitrogens with zero attached hydrogens (tertiary/aromatic N) is 3. The molecule has 3 N–H and O–H groups in total. The molecule has 2 rings (SSSR count). The SMILES string of the molecule is C=CN(c1nc(Nc2ccc(S(=O)(=O)NC)cc2)ncc1Br)[C@@H](CO)C(C)C. The van der Waals surface area contributed by atoms with Gasteiger partial charge in [-0.1, -0.05) is 20.4 Å². The van der Waals surface area contributed by atoms with Gasteiger partial charge in [0.1, 0.15) is 0 Å². The molecule has 1 heterocycles. The fourth-order valence-corrected chi connectivity index (χ4v) is 3.69. The quantitative estimate of drug-likeness (QED) is 0.517. The molecule has 0 aliphatic heterocycles. The third kappa shape index (κ3) is 5.07. The van der Waals surface area contributed by atoms with E-state index in [1.54, 1.807) is 29.4 Å². The van der Waals surface area contributed by atoms with Gasteiger partial charge in [-0.15, -0.1) is 0 Å². The summed E-state index contributed by atoms with van der Waals surface area (Å²) >= 11 is 3.45. The zero-order valence-electron chi connectivity index (χ0n) is 15.9. The van der Waals surface area contributed by atoms with Gasteiger partial charge in [-0.05, 0) is 59.4 Å². The maximum atomic E-state index is 11.8. The first kappa shape index (κ1) is 22.3. The molecular weight excluding hydrogens is 446 g/mol. The predicted molar refractivity (Wildman–Crippen MR) is 114 cm³/mol. The number of anilines is 3. The van der Waals surface area contributed by atoms with Crippen LogP contribution in [0.25, 0.3) is 0 Å². The van der Waals surface area contributed by atoms with Crippen LogP contribution in [0, 0.1) is 5.92 Å². The van der Waals surface area contributed by atoms with Gasteiger partial charge >= 0.3 is 0 Å². The van der Waals surface area contributed by atoms with Crippen molar-refractivity contribution in [1.82, 2.24) is 14.7 Å². The van der Waals surface area contributed by atoms with Gasteiger partial charge in [-0.25, -0.2) is 18.1 Å². The zero-order valence-corrected chi connectivity index (χ0v) is 18.3. The molecule has 0 unspecified atom stereocenters. The van der Waals surface area contributed by atoms with E-state index < -0.39 is 10.0 Å². The average molecular weight is 470 g/mol. The molecule has 0 aliphatic carbocycles. The van der Waals surface area contributed by atoms with Gasteiger partial charge in [-0.3, -0.25) is 0 Å². The van der Waals surface area contributed by atoms with E-state index in [1.165, 1.54) is 19.2 Å². The lowest BCUT2D eigenvalue weighted by Gasteiger charge is -2.31. The molecule has 152 valence electrons. The maximum absolute atomic E-state index is 11.8. The highest BCUT2D eigenvalue weighted by atomic mass is 79.9. The number of hydrogen-bond acceptors (Lipinski definition) is 7. The number of aliphatic hydroxyl groups excluding tert-OH is 1. The largest absolute Gasteiger partial charge is 0.394 e. The molecule has 0 spiro atoms. The summed E-state index contributed by atoms with van der Waals surface area (Å²) in [6, 6.07) is 6.05. The van der Waals surface area contributed by atoms with E-state index >= 15 is 0 Å². The molecule has 28 heavy (non-hydrogen) atoms. The standard InChI is InChI=1S/C18H24BrN5O3S/c1-5-24(16(11-25)12(2)3)17-15(19)10-21-18(23-17)22-13-6-8-14(9-7-13)28(26,27)20-4/h5-10,12,16,20,25H,1,11H2,2-4H3,(H,21,22,23)/t16-/m0/s1. The van der Waals surface area contributed by atoms with E-state index in [-0.39, 0.29) is 23.5 Å². The highest BCUT2D eigenvalue weighted by Gasteiger charge is 2.23. The molecule has 0 saturated carbocycles. The van der Waals surface area contributed by atoms with Gasteiger partial charge < -0.3 is 15.3 Å². The van der Waals surface area contributed by atoms with E-state index in [0.717, 1.165) is 0 Å². The molecular formula is C18H24BrN5O3S. The summed E-state index contributed by atoms with van der Waals surface area (Å²) in [4.78, 5) is 10.7. The number of rotatable bonds is 9. The molecule has 1 aromatic carbocycles. The Hall–Kier alpha value is -2.01. The lowest BCUT2D eigenvalue weighted by molar-refractivity contribution is 0.236. The Morgan fingerprint density at radius 1 is 1.32 bits per heavy atom. The number of aliphatic hydroxyl groups is 1. The van der Waals surface area contributed by atoms with Crippen LogP contribution in [0.2, 0.25) is 0 Å². The van der Waals surface area contributed by atoms with Crippen LogP contribution in [-0.2, 0) is 10.0 Å². The van der Waals surface area contributed by atoms with E-state index in [4.69, 9.17) is 0 Å². The van der Waals surface area contributed by atoms with E-state index in [1.807, 2.05) is 13.8 Å². The second kappa shape index (κ2) is 9.46. The highest BCUT2D eigenvalue weighted by molar-refractivity contribution is 9.10. The topological polar surface area (TPSA) is 107 Å². The summed E-state index contributed by atoms with van der Waals surface area (Å²) < 4.78 is 26.6. The lowest BCUT2D eigenvalue weighted by atomic mass is 10.0. The first-order chi connectivity index (χ1) is 13.2. The van der Waals surface area contributed by atoms with Crippen molar-refractivity contribution >= 4 is 43.4 Å². The van der Waals surface area contributed by atoms with Gasteiger partial charge in [-0.2, -0.15) is 4.98 Å². The monoisotopic (exact) mass is 469 g/mol. The maximum Gasteiger partial charge on any atom is 0.240 e. The van der Waals surface area contributed by atoms with Crippen LogP contribution in [-0.4, -0.2) is 43.2 Å². The van der Waals surface area contributed by atoms with Crippen molar-refractivity contribution in [3.63, 3.8) is 0 Å². The number of halogens is 1. The lowest BCUT2D eigenvalue weighted by Crippen LogP contribution is -2.38. The molecule has 0 amide bonds. The van der Waals surface area contributed by atoms with Crippen LogP contribution in [0.4, 0.5) is 17.5 Å². The summed E-state index contributed by atoms with van der Waals surface area (Å²) in [5, 5.41) is 12.8. The number of sulfonamides is 1. The third-order valence-corrected chi connectivity index (χ3v) is 6.16. The highest BCUT2D eigenvalue weighted by Crippen LogP contribution is 2.29. The van der Waals surface area contributed by atoms with Crippen molar-refractivity contribution in [3.8, 4) is 0 Å². The summed E-state index contributed by atoms with van der Waals surface area (Å²) in [5.74, 6) is 1.06. The zero-order chi connectivity index (χ0) is 20.9. The Morgan fingerprint density at radius 2 is 1.96 bits per heavy atom. The minimum absolute atomic E-state index is 0.0513. The Balaban J connectivity index is 2.31. The van der Waals surface area contributed by atoms with Crippen molar-refractivity contribution < 1.29 is 13.5 Å². The van der Waals surface area contributed by atoms with Gasteiger partial charge in [0.05, 0.1) is 22.0 Å². The fourth-order valence-electron chi connectivity index (χ4n) is 2.56. The Morgan fingerprint density at radius 3 is 2.46 bits per heavy atom. The Labute approximate surface area is 173 Å². The third-order valence-electron chi connectivity index (χ3n) is 4.17. The summed E-state index contributed by atoms with van der Waals surface area (Å²) in [5.41, 5.74) is 0.635. The number of benzene rings is 1. The van der Waals surface area contributed by atoms with Gasteiger partial charge in [0, 0.05) is 11.9 Å². The summed E-state index contributed by atoms with van der Waals surface area (Å²) in [7, 11) is -2.13. The molecule has 8 nitrogen and oxygen atoms in total. The first-order valence-corrected chi connectivity index (χ1v) is 10.9. The van der Waals surface area contributed by atoms with Crippen LogP contribution in [0.1, 0.15) is 13.8 Å². The molecule has 0 fully saturated rings. The fraction of sp³-hybridized carbons (Fsp3) is 0.333. The van der Waals surface area contributed by atoms with Crippen LogP contribution < -0.4 is 14.9 Å². The second-order valence-electron chi connectivity index (χ2n) is 6.31. The van der Waals surface area contributed by atoms with Crippen LogP contribution >= 0.6 is 15.9 Å². The van der Waals surface area contributed by atoms with E-state index in [0.29, 0.717) is 21.9 Å². The van der Waals surface area contributed by atoms with E-state index in [2.05, 4.69) is 42.5 Å². The van der Waals surface area contributed by atoms with E-state index in [9.17, 15) is 13.5 Å². The Bertz CT molecular complexity index is 919.